The summed E-state index contributed by atoms with van der Waals surface area (Å²) in [6.07, 6.45) is 0. The van der Waals surface area contributed by atoms with E-state index < -0.39 is 5.97 Å². The molecule has 0 saturated carbocycles. The molecule has 0 bridgehead atoms. The van der Waals surface area contributed by atoms with Gasteiger partial charge in [0.2, 0.25) is 0 Å². The molecule has 1 aromatic heterocycles. The van der Waals surface area contributed by atoms with Gasteiger partial charge in [0.05, 0.1) is 16.8 Å². The zero-order valence-electron chi connectivity index (χ0n) is 10.4. The molecule has 0 aliphatic rings. The molecule has 4 heteroatoms. The second-order valence-electron chi connectivity index (χ2n) is 4.38. The van der Waals surface area contributed by atoms with Crippen molar-refractivity contribution in [2.45, 2.75) is 0 Å². The first-order valence-electron chi connectivity index (χ1n) is 6.06. The SMILES string of the molecule is O=C(O)c1ccccc1-c1ccc2cccc([O-])c2n1. The molecule has 0 atom stereocenters. The lowest BCUT2D eigenvalue weighted by Gasteiger charge is -2.11. The van der Waals surface area contributed by atoms with Gasteiger partial charge in [-0.15, -0.1) is 0 Å². The summed E-state index contributed by atoms with van der Waals surface area (Å²) in [6, 6.07) is 15.0. The van der Waals surface area contributed by atoms with Crippen LogP contribution in [0.4, 0.5) is 0 Å². The third kappa shape index (κ3) is 1.97. The highest BCUT2D eigenvalue weighted by Gasteiger charge is 2.12. The first-order chi connectivity index (χ1) is 9.66. The number of aromatic carboxylic acids is 1. The van der Waals surface area contributed by atoms with E-state index in [0.29, 0.717) is 16.8 Å². The lowest BCUT2D eigenvalue weighted by molar-refractivity contribution is -0.266. The fourth-order valence-electron chi connectivity index (χ4n) is 2.16. The number of pyridine rings is 1. The number of para-hydroxylation sites is 1. The number of hydrogen-bond acceptors (Lipinski definition) is 3. The predicted octanol–water partition coefficient (Wildman–Crippen LogP) is 2.67. The van der Waals surface area contributed by atoms with Crippen LogP contribution in [0, 0.1) is 0 Å². The minimum atomic E-state index is -1.02. The van der Waals surface area contributed by atoms with E-state index in [2.05, 4.69) is 4.98 Å². The summed E-state index contributed by atoms with van der Waals surface area (Å²) in [6.45, 7) is 0. The highest BCUT2D eigenvalue weighted by atomic mass is 16.4. The molecule has 0 aliphatic heterocycles. The second kappa shape index (κ2) is 4.66. The number of carboxylic acids is 1. The lowest BCUT2D eigenvalue weighted by Crippen LogP contribution is -2.00. The van der Waals surface area contributed by atoms with Gasteiger partial charge in [0.15, 0.2) is 0 Å². The van der Waals surface area contributed by atoms with Crippen molar-refractivity contribution in [1.82, 2.24) is 4.98 Å². The Kier molecular flexibility index (Phi) is 2.84. The minimum absolute atomic E-state index is 0.169. The van der Waals surface area contributed by atoms with Crippen LogP contribution in [0.15, 0.2) is 54.6 Å². The molecule has 2 aromatic carbocycles. The van der Waals surface area contributed by atoms with Crippen molar-refractivity contribution >= 4 is 16.9 Å². The van der Waals surface area contributed by atoms with Crippen molar-refractivity contribution in [3.05, 3.63) is 60.2 Å². The normalized spacial score (nSPS) is 10.6. The van der Waals surface area contributed by atoms with Crippen LogP contribution in [-0.2, 0) is 0 Å². The number of aromatic nitrogens is 1. The van der Waals surface area contributed by atoms with Crippen molar-refractivity contribution in [3.63, 3.8) is 0 Å². The van der Waals surface area contributed by atoms with Crippen LogP contribution in [0.25, 0.3) is 22.2 Å². The van der Waals surface area contributed by atoms with Gasteiger partial charge in [-0.2, -0.15) is 0 Å². The topological polar surface area (TPSA) is 73.2 Å². The Hall–Kier alpha value is -2.88. The first kappa shape index (κ1) is 12.2. The molecular weight excluding hydrogens is 254 g/mol. The zero-order chi connectivity index (χ0) is 14.1. The molecule has 1 N–H and O–H groups in total. The van der Waals surface area contributed by atoms with Crippen LogP contribution in [-0.4, -0.2) is 16.1 Å². The molecule has 0 unspecified atom stereocenters. The smallest absolute Gasteiger partial charge is 0.336 e. The van der Waals surface area contributed by atoms with E-state index in [-0.39, 0.29) is 11.3 Å². The van der Waals surface area contributed by atoms with Gasteiger partial charge >= 0.3 is 5.97 Å². The number of benzene rings is 2. The quantitative estimate of drug-likeness (QED) is 0.772. The third-order valence-corrected chi connectivity index (χ3v) is 3.12. The summed E-state index contributed by atoms with van der Waals surface area (Å²) < 4.78 is 0. The molecule has 0 amide bonds. The van der Waals surface area contributed by atoms with Crippen molar-refractivity contribution in [1.29, 1.82) is 0 Å². The number of fused-ring (bicyclic) bond motifs is 1. The van der Waals surface area contributed by atoms with Crippen LogP contribution in [0.2, 0.25) is 0 Å². The molecule has 98 valence electrons. The van der Waals surface area contributed by atoms with Crippen molar-refractivity contribution in [3.8, 4) is 17.0 Å². The maximum Gasteiger partial charge on any atom is 0.336 e. The van der Waals surface area contributed by atoms with E-state index in [0.717, 1.165) is 5.39 Å². The van der Waals surface area contributed by atoms with E-state index in [9.17, 15) is 15.0 Å². The molecule has 1 heterocycles. The van der Waals surface area contributed by atoms with Gasteiger partial charge < -0.3 is 10.2 Å². The molecule has 0 radical (unpaired) electrons. The number of hydrogen-bond donors (Lipinski definition) is 1. The van der Waals surface area contributed by atoms with Crippen molar-refractivity contribution in [2.24, 2.45) is 0 Å². The van der Waals surface area contributed by atoms with Gasteiger partial charge in [0.25, 0.3) is 0 Å². The van der Waals surface area contributed by atoms with E-state index >= 15 is 0 Å². The summed E-state index contributed by atoms with van der Waals surface area (Å²) in [7, 11) is 0. The molecule has 0 fully saturated rings. The highest BCUT2D eigenvalue weighted by molar-refractivity contribution is 5.96. The van der Waals surface area contributed by atoms with Crippen molar-refractivity contribution < 1.29 is 15.0 Å². The molecule has 3 rings (SSSR count). The van der Waals surface area contributed by atoms with Gasteiger partial charge in [-0.3, -0.25) is 0 Å². The standard InChI is InChI=1S/C16H11NO3/c18-14-7-3-4-10-8-9-13(17-15(10)14)11-5-1-2-6-12(11)16(19)20/h1-9,18H,(H,19,20)/p-1. The number of rotatable bonds is 2. The third-order valence-electron chi connectivity index (χ3n) is 3.12. The molecule has 0 spiro atoms. The fourth-order valence-corrected chi connectivity index (χ4v) is 2.16. The summed E-state index contributed by atoms with van der Waals surface area (Å²) in [5.41, 5.74) is 1.51. The van der Waals surface area contributed by atoms with Crippen LogP contribution < -0.4 is 5.11 Å². The minimum Gasteiger partial charge on any atom is -0.871 e. The Morgan fingerprint density at radius 1 is 1.00 bits per heavy atom. The van der Waals surface area contributed by atoms with Gasteiger partial charge in [-0.25, -0.2) is 9.78 Å². The fraction of sp³-hybridized carbons (Fsp3) is 0. The van der Waals surface area contributed by atoms with Crippen LogP contribution >= 0.6 is 0 Å². The van der Waals surface area contributed by atoms with Crippen LogP contribution in [0.1, 0.15) is 10.4 Å². The summed E-state index contributed by atoms with van der Waals surface area (Å²) >= 11 is 0. The monoisotopic (exact) mass is 264 g/mol. The van der Waals surface area contributed by atoms with Crippen LogP contribution in [0.3, 0.4) is 0 Å². The summed E-state index contributed by atoms with van der Waals surface area (Å²) in [5.74, 6) is -1.19. The van der Waals surface area contributed by atoms with Gasteiger partial charge in [0, 0.05) is 5.56 Å². The Bertz CT molecular complexity index is 812. The average Bonchev–Trinajstić information content (AvgIpc) is 2.47. The van der Waals surface area contributed by atoms with E-state index in [1.807, 2.05) is 0 Å². The molecule has 20 heavy (non-hydrogen) atoms. The van der Waals surface area contributed by atoms with Crippen LogP contribution in [0.5, 0.6) is 5.75 Å². The number of nitrogens with zero attached hydrogens (tertiary/aromatic N) is 1. The predicted molar refractivity (Wildman–Crippen MR) is 73.6 cm³/mol. The largest absolute Gasteiger partial charge is 0.871 e. The Balaban J connectivity index is 2.25. The Labute approximate surface area is 115 Å². The molecule has 4 nitrogen and oxygen atoms in total. The maximum atomic E-state index is 11.8. The van der Waals surface area contributed by atoms with Gasteiger partial charge in [-0.1, -0.05) is 48.2 Å². The van der Waals surface area contributed by atoms with E-state index in [4.69, 9.17) is 0 Å². The summed E-state index contributed by atoms with van der Waals surface area (Å²) in [5, 5.41) is 21.8. The Morgan fingerprint density at radius 3 is 2.60 bits per heavy atom. The van der Waals surface area contributed by atoms with E-state index in [1.54, 1.807) is 42.5 Å². The highest BCUT2D eigenvalue weighted by Crippen LogP contribution is 2.27. The molecule has 3 aromatic rings. The first-order valence-corrected chi connectivity index (χ1v) is 6.06. The van der Waals surface area contributed by atoms with Gasteiger partial charge in [-0.05, 0) is 17.5 Å². The van der Waals surface area contributed by atoms with Crippen molar-refractivity contribution in [2.75, 3.05) is 0 Å². The molecule has 0 aliphatic carbocycles. The molecule has 0 saturated heterocycles. The lowest BCUT2D eigenvalue weighted by atomic mass is 10.0. The average molecular weight is 264 g/mol. The summed E-state index contributed by atoms with van der Waals surface area (Å²) in [4.78, 5) is 15.5. The number of carboxylic acid groups (broad SMARTS) is 1. The Morgan fingerprint density at radius 2 is 1.80 bits per heavy atom. The zero-order valence-corrected chi connectivity index (χ0v) is 10.4. The van der Waals surface area contributed by atoms with Gasteiger partial charge in [0.1, 0.15) is 0 Å². The molecular formula is C16H10NO3-. The number of carbonyl (C=O) groups is 1. The maximum absolute atomic E-state index is 11.8. The second-order valence-corrected chi connectivity index (χ2v) is 4.38. The van der Waals surface area contributed by atoms with E-state index in [1.165, 1.54) is 12.1 Å².